The van der Waals surface area contributed by atoms with Crippen LogP contribution in [0.1, 0.15) is 33.5 Å². The average molecular weight is 335 g/mol. The van der Waals surface area contributed by atoms with E-state index in [0.29, 0.717) is 11.6 Å². The first-order valence-corrected chi connectivity index (χ1v) is 9.22. The minimum atomic E-state index is 0.118. The quantitative estimate of drug-likeness (QED) is 0.847. The number of carbonyl (C=O) groups excluding carboxylic acids is 1. The molecule has 1 aromatic carbocycles. The second-order valence-corrected chi connectivity index (χ2v) is 7.26. The van der Waals surface area contributed by atoms with Gasteiger partial charge in [-0.2, -0.15) is 0 Å². The number of rotatable bonds is 2. The van der Waals surface area contributed by atoms with Gasteiger partial charge in [0, 0.05) is 44.6 Å². The summed E-state index contributed by atoms with van der Waals surface area (Å²) in [6.07, 6.45) is 6.81. The molecule has 2 aliphatic rings. The van der Waals surface area contributed by atoms with E-state index in [4.69, 9.17) is 0 Å². The van der Waals surface area contributed by atoms with Crippen molar-refractivity contribution in [2.45, 2.75) is 32.2 Å². The molecule has 130 valence electrons. The van der Waals surface area contributed by atoms with Crippen LogP contribution in [0.4, 0.5) is 0 Å². The first-order valence-electron chi connectivity index (χ1n) is 9.22. The van der Waals surface area contributed by atoms with Crippen LogP contribution >= 0.6 is 0 Å². The van der Waals surface area contributed by atoms with E-state index in [9.17, 15) is 4.79 Å². The molecule has 4 nitrogen and oxygen atoms in total. The predicted octanol–water partition coefficient (Wildman–Crippen LogP) is 2.71. The van der Waals surface area contributed by atoms with Crippen LogP contribution in [0.3, 0.4) is 0 Å². The van der Waals surface area contributed by atoms with Crippen molar-refractivity contribution in [3.63, 3.8) is 0 Å². The van der Waals surface area contributed by atoms with Gasteiger partial charge in [0.05, 0.1) is 5.56 Å². The molecule has 0 saturated carbocycles. The Kier molecular flexibility index (Phi) is 4.53. The highest BCUT2D eigenvalue weighted by atomic mass is 16.2. The molecule has 1 saturated heterocycles. The van der Waals surface area contributed by atoms with E-state index >= 15 is 0 Å². The van der Waals surface area contributed by atoms with Crippen molar-refractivity contribution in [3.05, 3.63) is 65.0 Å². The Morgan fingerprint density at radius 2 is 1.80 bits per heavy atom. The van der Waals surface area contributed by atoms with Crippen molar-refractivity contribution >= 4 is 5.91 Å². The lowest BCUT2D eigenvalue weighted by Crippen LogP contribution is -2.40. The molecule has 0 N–H and O–H groups in total. The number of fused-ring (bicyclic) bond motifs is 1. The summed E-state index contributed by atoms with van der Waals surface area (Å²) in [5, 5.41) is 0. The van der Waals surface area contributed by atoms with Gasteiger partial charge in [0.25, 0.3) is 5.91 Å². The number of amides is 1. The van der Waals surface area contributed by atoms with Gasteiger partial charge >= 0.3 is 0 Å². The lowest BCUT2D eigenvalue weighted by molar-refractivity contribution is 0.0757. The molecule has 0 bridgehead atoms. The van der Waals surface area contributed by atoms with Crippen LogP contribution < -0.4 is 0 Å². The zero-order chi connectivity index (χ0) is 17.2. The van der Waals surface area contributed by atoms with Gasteiger partial charge in [0.1, 0.15) is 0 Å². The van der Waals surface area contributed by atoms with E-state index in [1.165, 1.54) is 11.1 Å². The molecule has 1 amide bonds. The fourth-order valence-electron chi connectivity index (χ4n) is 4.15. The molecule has 4 rings (SSSR count). The second kappa shape index (κ2) is 6.96. The number of nitrogens with zero attached hydrogens (tertiary/aromatic N) is 3. The zero-order valence-electron chi connectivity index (χ0n) is 14.8. The number of hydrogen-bond donors (Lipinski definition) is 0. The minimum absolute atomic E-state index is 0.118. The van der Waals surface area contributed by atoms with Gasteiger partial charge < -0.3 is 4.90 Å². The number of carbonyl (C=O) groups is 1. The molecular weight excluding hydrogens is 310 g/mol. The van der Waals surface area contributed by atoms with Crippen LogP contribution in [-0.4, -0.2) is 52.9 Å². The number of aromatic nitrogens is 1. The van der Waals surface area contributed by atoms with E-state index in [0.717, 1.165) is 51.0 Å². The van der Waals surface area contributed by atoms with Crippen molar-refractivity contribution in [1.29, 1.82) is 0 Å². The third-order valence-corrected chi connectivity index (χ3v) is 5.49. The topological polar surface area (TPSA) is 36.4 Å². The summed E-state index contributed by atoms with van der Waals surface area (Å²) < 4.78 is 0. The van der Waals surface area contributed by atoms with Gasteiger partial charge in [-0.25, -0.2) is 0 Å². The Morgan fingerprint density at radius 1 is 1.04 bits per heavy atom. The van der Waals surface area contributed by atoms with Crippen molar-refractivity contribution in [3.8, 4) is 0 Å². The maximum Gasteiger partial charge on any atom is 0.255 e. The fourth-order valence-corrected chi connectivity index (χ4v) is 4.15. The summed E-state index contributed by atoms with van der Waals surface area (Å²) in [5.41, 5.74) is 4.73. The van der Waals surface area contributed by atoms with E-state index in [-0.39, 0.29) is 5.91 Å². The second-order valence-electron chi connectivity index (χ2n) is 7.26. The molecule has 1 aliphatic carbocycles. The van der Waals surface area contributed by atoms with Crippen LogP contribution in [0, 0.1) is 6.92 Å². The highest BCUT2D eigenvalue weighted by Gasteiger charge is 2.29. The molecule has 2 heterocycles. The van der Waals surface area contributed by atoms with Gasteiger partial charge in [0.15, 0.2) is 0 Å². The number of aryl methyl sites for hydroxylation is 1. The van der Waals surface area contributed by atoms with Crippen LogP contribution in [0.15, 0.2) is 42.7 Å². The summed E-state index contributed by atoms with van der Waals surface area (Å²) in [7, 11) is 0. The highest BCUT2D eigenvalue weighted by Crippen LogP contribution is 2.26. The molecule has 1 fully saturated rings. The SMILES string of the molecule is Cc1cncc(C(=O)N2CCCN(C3Cc4ccccc4C3)CC2)c1. The van der Waals surface area contributed by atoms with E-state index in [1.807, 2.05) is 17.9 Å². The molecule has 0 atom stereocenters. The molecule has 1 aliphatic heterocycles. The Bertz CT molecular complexity index is 748. The molecule has 4 heteroatoms. The van der Waals surface area contributed by atoms with Gasteiger partial charge in [-0.3, -0.25) is 14.7 Å². The van der Waals surface area contributed by atoms with Gasteiger partial charge in [-0.15, -0.1) is 0 Å². The Morgan fingerprint density at radius 3 is 2.52 bits per heavy atom. The van der Waals surface area contributed by atoms with Gasteiger partial charge in [-0.1, -0.05) is 24.3 Å². The first-order chi connectivity index (χ1) is 12.2. The van der Waals surface area contributed by atoms with Crippen molar-refractivity contribution in [2.24, 2.45) is 0 Å². The molecule has 0 radical (unpaired) electrons. The first kappa shape index (κ1) is 16.3. The Hall–Kier alpha value is -2.20. The summed E-state index contributed by atoms with van der Waals surface area (Å²) in [5.74, 6) is 0.118. The van der Waals surface area contributed by atoms with Gasteiger partial charge in [-0.05, 0) is 48.9 Å². The summed E-state index contributed by atoms with van der Waals surface area (Å²) in [6.45, 7) is 5.66. The van der Waals surface area contributed by atoms with Crippen LogP contribution in [-0.2, 0) is 12.8 Å². The third-order valence-electron chi connectivity index (χ3n) is 5.49. The largest absolute Gasteiger partial charge is 0.337 e. The normalized spacial score (nSPS) is 18.8. The molecule has 0 spiro atoms. The van der Waals surface area contributed by atoms with Crippen molar-refractivity contribution in [2.75, 3.05) is 26.2 Å². The Balaban J connectivity index is 1.40. The van der Waals surface area contributed by atoms with E-state index in [2.05, 4.69) is 34.1 Å². The standard InChI is InChI=1S/C21H25N3O/c1-16-11-19(15-22-14-16)21(25)24-8-4-7-23(9-10-24)20-12-17-5-2-3-6-18(17)13-20/h2-3,5-6,11,14-15,20H,4,7-10,12-13H2,1H3. The molecule has 1 aromatic heterocycles. The maximum atomic E-state index is 12.8. The fraction of sp³-hybridized carbons (Fsp3) is 0.429. The number of pyridine rings is 1. The molecule has 0 unspecified atom stereocenters. The predicted molar refractivity (Wildman–Crippen MR) is 98.7 cm³/mol. The lowest BCUT2D eigenvalue weighted by atomic mass is 10.1. The average Bonchev–Trinajstić information content (AvgIpc) is 2.90. The molecule has 2 aromatic rings. The lowest BCUT2D eigenvalue weighted by Gasteiger charge is -2.27. The smallest absolute Gasteiger partial charge is 0.255 e. The van der Waals surface area contributed by atoms with Crippen LogP contribution in [0.5, 0.6) is 0 Å². The summed E-state index contributed by atoms with van der Waals surface area (Å²) in [6, 6.07) is 11.3. The van der Waals surface area contributed by atoms with Crippen molar-refractivity contribution < 1.29 is 4.79 Å². The van der Waals surface area contributed by atoms with E-state index < -0.39 is 0 Å². The van der Waals surface area contributed by atoms with Crippen LogP contribution in [0.2, 0.25) is 0 Å². The summed E-state index contributed by atoms with van der Waals surface area (Å²) in [4.78, 5) is 21.5. The molecular formula is C21H25N3O. The van der Waals surface area contributed by atoms with Crippen LogP contribution in [0.25, 0.3) is 0 Å². The maximum absolute atomic E-state index is 12.8. The third kappa shape index (κ3) is 3.45. The zero-order valence-corrected chi connectivity index (χ0v) is 14.8. The number of hydrogen-bond acceptors (Lipinski definition) is 3. The number of benzene rings is 1. The monoisotopic (exact) mass is 335 g/mol. The molecule has 25 heavy (non-hydrogen) atoms. The van der Waals surface area contributed by atoms with Crippen molar-refractivity contribution in [1.82, 2.24) is 14.8 Å². The highest BCUT2D eigenvalue weighted by molar-refractivity contribution is 5.94. The Labute approximate surface area is 149 Å². The summed E-state index contributed by atoms with van der Waals surface area (Å²) >= 11 is 0. The minimum Gasteiger partial charge on any atom is -0.337 e. The van der Waals surface area contributed by atoms with E-state index in [1.54, 1.807) is 12.4 Å². The van der Waals surface area contributed by atoms with Gasteiger partial charge in [0.2, 0.25) is 0 Å².